The van der Waals surface area contributed by atoms with E-state index in [1.165, 1.54) is 0 Å². The summed E-state index contributed by atoms with van der Waals surface area (Å²) < 4.78 is 12.0. The SMILES string of the molecule is CCOc1cc(Br)c(CC(=O)Nc2ccccc2)cc1OCC. The first-order chi connectivity index (χ1) is 11.1. The molecule has 4 nitrogen and oxygen atoms in total. The van der Waals surface area contributed by atoms with Crippen molar-refractivity contribution in [3.63, 3.8) is 0 Å². The van der Waals surface area contributed by atoms with Crippen LogP contribution in [-0.2, 0) is 11.2 Å². The molecule has 0 aliphatic carbocycles. The maximum atomic E-state index is 12.2. The van der Waals surface area contributed by atoms with E-state index in [1.54, 1.807) is 0 Å². The number of ether oxygens (including phenoxy) is 2. The van der Waals surface area contributed by atoms with Gasteiger partial charge in [0.05, 0.1) is 19.6 Å². The van der Waals surface area contributed by atoms with Gasteiger partial charge in [-0.2, -0.15) is 0 Å². The quantitative estimate of drug-likeness (QED) is 0.776. The van der Waals surface area contributed by atoms with Crippen LogP contribution in [0.5, 0.6) is 11.5 Å². The van der Waals surface area contributed by atoms with Gasteiger partial charge < -0.3 is 14.8 Å². The van der Waals surface area contributed by atoms with E-state index in [0.29, 0.717) is 24.7 Å². The van der Waals surface area contributed by atoms with Gasteiger partial charge >= 0.3 is 0 Å². The second-order valence-electron chi connectivity index (χ2n) is 4.85. The average Bonchev–Trinajstić information content (AvgIpc) is 2.53. The van der Waals surface area contributed by atoms with Gasteiger partial charge in [0.2, 0.25) is 5.91 Å². The minimum Gasteiger partial charge on any atom is -0.490 e. The van der Waals surface area contributed by atoms with E-state index in [9.17, 15) is 4.79 Å². The summed E-state index contributed by atoms with van der Waals surface area (Å²) in [7, 11) is 0. The highest BCUT2D eigenvalue weighted by Crippen LogP contribution is 2.34. The Balaban J connectivity index is 2.15. The molecule has 0 aliphatic rings. The molecule has 0 aromatic heterocycles. The fourth-order valence-electron chi connectivity index (χ4n) is 2.15. The van der Waals surface area contributed by atoms with Gasteiger partial charge in [-0.15, -0.1) is 0 Å². The van der Waals surface area contributed by atoms with Crippen molar-refractivity contribution in [1.29, 1.82) is 0 Å². The van der Waals surface area contributed by atoms with Gasteiger partial charge in [-0.25, -0.2) is 0 Å². The number of benzene rings is 2. The van der Waals surface area contributed by atoms with Crippen LogP contribution in [0.3, 0.4) is 0 Å². The Kier molecular flexibility index (Phi) is 6.47. The molecule has 122 valence electrons. The van der Waals surface area contributed by atoms with Gasteiger partial charge in [0.15, 0.2) is 11.5 Å². The highest BCUT2D eigenvalue weighted by Gasteiger charge is 2.13. The summed E-state index contributed by atoms with van der Waals surface area (Å²) in [6.07, 6.45) is 0.252. The fourth-order valence-corrected chi connectivity index (χ4v) is 2.61. The van der Waals surface area contributed by atoms with Crippen molar-refractivity contribution in [3.05, 3.63) is 52.5 Å². The molecule has 0 aliphatic heterocycles. The lowest BCUT2D eigenvalue weighted by Crippen LogP contribution is -2.14. The van der Waals surface area contributed by atoms with E-state index in [4.69, 9.17) is 9.47 Å². The molecule has 2 aromatic rings. The topological polar surface area (TPSA) is 47.6 Å². The molecule has 0 bridgehead atoms. The van der Waals surface area contributed by atoms with Crippen molar-refractivity contribution in [3.8, 4) is 11.5 Å². The minimum atomic E-state index is -0.0801. The predicted octanol–water partition coefficient (Wildman–Crippen LogP) is 4.43. The summed E-state index contributed by atoms with van der Waals surface area (Å²) in [5.41, 5.74) is 1.63. The van der Waals surface area contributed by atoms with Crippen LogP contribution in [-0.4, -0.2) is 19.1 Å². The Morgan fingerprint density at radius 2 is 1.65 bits per heavy atom. The number of carbonyl (C=O) groups is 1. The summed E-state index contributed by atoms with van der Waals surface area (Å²) in [5, 5.41) is 2.88. The highest BCUT2D eigenvalue weighted by molar-refractivity contribution is 9.10. The van der Waals surface area contributed by atoms with Gasteiger partial charge in [0.25, 0.3) is 0 Å². The second-order valence-corrected chi connectivity index (χ2v) is 5.70. The number of halogens is 1. The lowest BCUT2D eigenvalue weighted by Gasteiger charge is -2.14. The number of hydrogen-bond donors (Lipinski definition) is 1. The van der Waals surface area contributed by atoms with Crippen molar-refractivity contribution < 1.29 is 14.3 Å². The molecule has 2 rings (SSSR count). The third-order valence-electron chi connectivity index (χ3n) is 3.12. The molecule has 1 amide bonds. The van der Waals surface area contributed by atoms with Crippen LogP contribution in [0.4, 0.5) is 5.69 Å². The van der Waals surface area contributed by atoms with Crippen LogP contribution in [0.15, 0.2) is 46.9 Å². The zero-order chi connectivity index (χ0) is 16.7. The number of nitrogens with one attached hydrogen (secondary N) is 1. The maximum Gasteiger partial charge on any atom is 0.228 e. The van der Waals surface area contributed by atoms with E-state index < -0.39 is 0 Å². The molecule has 0 saturated heterocycles. The zero-order valence-corrected chi connectivity index (χ0v) is 14.9. The highest BCUT2D eigenvalue weighted by atomic mass is 79.9. The number of para-hydroxylation sites is 1. The second kappa shape index (κ2) is 8.58. The normalized spacial score (nSPS) is 10.2. The lowest BCUT2D eigenvalue weighted by atomic mass is 10.1. The Morgan fingerprint density at radius 1 is 1.04 bits per heavy atom. The van der Waals surface area contributed by atoms with E-state index in [0.717, 1.165) is 15.7 Å². The molecule has 23 heavy (non-hydrogen) atoms. The first kappa shape index (κ1) is 17.3. The van der Waals surface area contributed by atoms with E-state index in [-0.39, 0.29) is 12.3 Å². The van der Waals surface area contributed by atoms with Gasteiger partial charge in [-0.05, 0) is 43.7 Å². The summed E-state index contributed by atoms with van der Waals surface area (Å²) in [6.45, 7) is 4.93. The predicted molar refractivity (Wildman–Crippen MR) is 95.3 cm³/mol. The molecule has 1 N–H and O–H groups in total. The third kappa shape index (κ3) is 4.99. The Morgan fingerprint density at radius 3 is 2.26 bits per heavy atom. The van der Waals surface area contributed by atoms with Gasteiger partial charge in [-0.3, -0.25) is 4.79 Å². The Hall–Kier alpha value is -2.01. The number of rotatable bonds is 7. The molecule has 0 spiro atoms. The van der Waals surface area contributed by atoms with Crippen LogP contribution >= 0.6 is 15.9 Å². The van der Waals surface area contributed by atoms with Gasteiger partial charge in [0, 0.05) is 10.2 Å². The monoisotopic (exact) mass is 377 g/mol. The molecule has 0 atom stereocenters. The molecule has 2 aromatic carbocycles. The summed E-state index contributed by atoms with van der Waals surface area (Å²) in [4.78, 5) is 12.2. The molecule has 0 radical (unpaired) electrons. The summed E-state index contributed by atoms with van der Waals surface area (Å²) >= 11 is 3.50. The van der Waals surface area contributed by atoms with Crippen molar-refractivity contribution in [2.24, 2.45) is 0 Å². The Bertz CT molecular complexity index is 659. The largest absolute Gasteiger partial charge is 0.490 e. The summed E-state index contributed by atoms with van der Waals surface area (Å²) in [5.74, 6) is 1.25. The van der Waals surface area contributed by atoms with Crippen LogP contribution in [0.1, 0.15) is 19.4 Å². The van der Waals surface area contributed by atoms with Crippen LogP contribution in [0.25, 0.3) is 0 Å². The molecule has 0 heterocycles. The van der Waals surface area contributed by atoms with Crippen LogP contribution in [0.2, 0.25) is 0 Å². The van der Waals surface area contributed by atoms with Crippen molar-refractivity contribution >= 4 is 27.5 Å². The first-order valence-electron chi connectivity index (χ1n) is 7.57. The number of carbonyl (C=O) groups excluding carboxylic acids is 1. The molecular formula is C18H20BrNO3. The lowest BCUT2D eigenvalue weighted by molar-refractivity contribution is -0.115. The standard InChI is InChI=1S/C18H20BrNO3/c1-3-22-16-10-13(15(19)12-17(16)23-4-2)11-18(21)20-14-8-6-5-7-9-14/h5-10,12H,3-4,11H2,1-2H3,(H,20,21). The average molecular weight is 378 g/mol. The number of amides is 1. The van der Waals surface area contributed by atoms with E-state index in [1.807, 2.05) is 56.3 Å². The number of anilines is 1. The molecule has 5 heteroatoms. The molecule has 0 fully saturated rings. The van der Waals surface area contributed by atoms with Crippen molar-refractivity contribution in [2.75, 3.05) is 18.5 Å². The third-order valence-corrected chi connectivity index (χ3v) is 3.86. The maximum absolute atomic E-state index is 12.2. The number of hydrogen-bond acceptors (Lipinski definition) is 3. The van der Waals surface area contributed by atoms with Gasteiger partial charge in [-0.1, -0.05) is 34.1 Å². The van der Waals surface area contributed by atoms with Crippen LogP contribution < -0.4 is 14.8 Å². The first-order valence-corrected chi connectivity index (χ1v) is 8.36. The van der Waals surface area contributed by atoms with E-state index >= 15 is 0 Å². The van der Waals surface area contributed by atoms with Gasteiger partial charge in [0.1, 0.15) is 0 Å². The summed E-state index contributed by atoms with van der Waals surface area (Å²) in [6, 6.07) is 13.1. The zero-order valence-electron chi connectivity index (χ0n) is 13.3. The van der Waals surface area contributed by atoms with E-state index in [2.05, 4.69) is 21.2 Å². The smallest absolute Gasteiger partial charge is 0.228 e. The minimum absolute atomic E-state index is 0.0801. The van der Waals surface area contributed by atoms with Crippen molar-refractivity contribution in [1.82, 2.24) is 0 Å². The van der Waals surface area contributed by atoms with Crippen molar-refractivity contribution in [2.45, 2.75) is 20.3 Å². The molecule has 0 saturated carbocycles. The molecule has 0 unspecified atom stereocenters. The molecular weight excluding hydrogens is 358 g/mol. The Labute approximate surface area is 144 Å². The van der Waals surface area contributed by atoms with Crippen LogP contribution in [0, 0.1) is 0 Å². The fraction of sp³-hybridized carbons (Fsp3) is 0.278.